The molecule has 8 nitrogen and oxygen atoms in total. The highest BCUT2D eigenvalue weighted by molar-refractivity contribution is 6.04. The molecule has 3 aromatic rings. The maximum atomic E-state index is 11.6. The number of nitrogens with two attached hydrogens (primary N) is 1. The summed E-state index contributed by atoms with van der Waals surface area (Å²) in [6.45, 7) is 3.60. The van der Waals surface area contributed by atoms with E-state index in [0.717, 1.165) is 5.69 Å². The minimum absolute atomic E-state index is 0.0706. The number of benzene rings is 1. The highest BCUT2D eigenvalue weighted by Gasteiger charge is 2.16. The van der Waals surface area contributed by atoms with Crippen molar-refractivity contribution < 1.29 is 14.3 Å². The van der Waals surface area contributed by atoms with Crippen molar-refractivity contribution in [3.8, 4) is 5.75 Å². The Morgan fingerprint density at radius 2 is 2.08 bits per heavy atom. The van der Waals surface area contributed by atoms with E-state index in [1.165, 1.54) is 11.6 Å². The van der Waals surface area contributed by atoms with Gasteiger partial charge in [0.25, 0.3) is 5.91 Å². The minimum Gasteiger partial charge on any atom is -0.486 e. The Bertz CT molecular complexity index is 964. The Balaban J connectivity index is 1.91. The van der Waals surface area contributed by atoms with Gasteiger partial charge in [0.05, 0.1) is 12.1 Å². The number of amides is 1. The number of rotatable bonds is 6. The van der Waals surface area contributed by atoms with E-state index in [0.29, 0.717) is 22.5 Å². The van der Waals surface area contributed by atoms with Crippen LogP contribution in [0.3, 0.4) is 0 Å². The van der Waals surface area contributed by atoms with Crippen molar-refractivity contribution in [1.82, 2.24) is 19.7 Å². The molecule has 0 spiro atoms. The van der Waals surface area contributed by atoms with Crippen LogP contribution >= 0.6 is 0 Å². The molecule has 0 radical (unpaired) electrons. The van der Waals surface area contributed by atoms with Crippen molar-refractivity contribution in [1.29, 1.82) is 0 Å². The number of ether oxygens (including phenoxy) is 1. The van der Waals surface area contributed by atoms with Gasteiger partial charge in [0.2, 0.25) is 0 Å². The molecule has 0 aliphatic carbocycles. The molecule has 1 aromatic carbocycles. The van der Waals surface area contributed by atoms with Crippen molar-refractivity contribution in [3.05, 3.63) is 47.7 Å². The van der Waals surface area contributed by atoms with Crippen LogP contribution in [0.2, 0.25) is 0 Å². The van der Waals surface area contributed by atoms with Gasteiger partial charge in [0.1, 0.15) is 12.4 Å². The van der Waals surface area contributed by atoms with Gasteiger partial charge >= 0.3 is 0 Å². The largest absolute Gasteiger partial charge is 0.486 e. The molecule has 0 unspecified atom stereocenters. The van der Waals surface area contributed by atoms with Gasteiger partial charge in [-0.1, -0.05) is 0 Å². The number of nitrogens with zero attached hydrogens (tertiary/aromatic N) is 4. The van der Waals surface area contributed by atoms with E-state index < -0.39 is 5.91 Å². The molecule has 0 saturated carbocycles. The summed E-state index contributed by atoms with van der Waals surface area (Å²) in [5, 5.41) is 4.68. The average molecular weight is 339 g/mol. The summed E-state index contributed by atoms with van der Waals surface area (Å²) in [5.41, 5.74) is 6.99. The summed E-state index contributed by atoms with van der Waals surface area (Å²) >= 11 is 0. The molecule has 25 heavy (non-hydrogen) atoms. The molecular formula is C17H17N5O3. The molecule has 2 heterocycles. The zero-order chi connectivity index (χ0) is 18.0. The van der Waals surface area contributed by atoms with Gasteiger partial charge < -0.3 is 10.5 Å². The molecule has 0 aliphatic heterocycles. The Morgan fingerprint density at radius 1 is 1.28 bits per heavy atom. The fourth-order valence-corrected chi connectivity index (χ4v) is 2.48. The molecule has 8 heteroatoms. The van der Waals surface area contributed by atoms with E-state index in [4.69, 9.17) is 10.5 Å². The van der Waals surface area contributed by atoms with Crippen LogP contribution in [0.1, 0.15) is 28.9 Å². The number of aryl methyl sites for hydroxylation is 1. The Kier molecular flexibility index (Phi) is 4.42. The monoisotopic (exact) mass is 339 g/mol. The zero-order valence-corrected chi connectivity index (χ0v) is 13.9. The fraction of sp³-hybridized carbons (Fsp3) is 0.235. The van der Waals surface area contributed by atoms with Gasteiger partial charge in [-0.2, -0.15) is 5.10 Å². The predicted molar refractivity (Wildman–Crippen MR) is 90.0 cm³/mol. The maximum Gasteiger partial charge on any atom is 0.269 e. The molecule has 2 N–H and O–H groups in total. The lowest BCUT2D eigenvalue weighted by molar-refractivity contribution is -0.117. The second-order valence-electron chi connectivity index (χ2n) is 5.65. The van der Waals surface area contributed by atoms with E-state index in [2.05, 4.69) is 15.1 Å². The van der Waals surface area contributed by atoms with E-state index in [9.17, 15) is 9.59 Å². The number of hydrogen-bond donors (Lipinski definition) is 1. The zero-order valence-electron chi connectivity index (χ0n) is 13.9. The third-order valence-electron chi connectivity index (χ3n) is 3.54. The van der Waals surface area contributed by atoms with Gasteiger partial charge in [-0.3, -0.25) is 14.3 Å². The van der Waals surface area contributed by atoms with Crippen molar-refractivity contribution in [2.45, 2.75) is 27.0 Å². The number of fused-ring (bicyclic) bond motifs is 1. The first-order valence-corrected chi connectivity index (χ1v) is 7.65. The van der Waals surface area contributed by atoms with E-state index in [-0.39, 0.29) is 24.6 Å². The van der Waals surface area contributed by atoms with Gasteiger partial charge in [0.15, 0.2) is 17.3 Å². The van der Waals surface area contributed by atoms with Crippen molar-refractivity contribution >= 4 is 22.6 Å². The van der Waals surface area contributed by atoms with E-state index in [1.54, 1.807) is 30.5 Å². The number of aromatic nitrogens is 4. The fourth-order valence-electron chi connectivity index (χ4n) is 2.48. The Morgan fingerprint density at radius 3 is 2.76 bits per heavy atom. The molecule has 0 saturated heterocycles. The number of ketones is 1. The number of carbonyl (C=O) groups excluding carboxylic acids is 2. The van der Waals surface area contributed by atoms with Crippen LogP contribution < -0.4 is 10.5 Å². The van der Waals surface area contributed by atoms with E-state index >= 15 is 0 Å². The Labute approximate surface area is 143 Å². The standard InChI is InChI=1S/C17H17N5O3/c1-10-5-6-19-15(20-10)9-25-12-3-4-14-13(7-12)16(17(18)24)21-22(14)8-11(2)23/h3-7H,8-9H2,1-2H3,(H2,18,24). The third kappa shape index (κ3) is 3.63. The number of hydrogen-bond acceptors (Lipinski definition) is 6. The molecule has 0 aliphatic rings. The lowest BCUT2D eigenvalue weighted by Gasteiger charge is -2.06. The summed E-state index contributed by atoms with van der Waals surface area (Å²) in [4.78, 5) is 31.4. The first kappa shape index (κ1) is 16.6. The van der Waals surface area contributed by atoms with Crippen LogP contribution in [0.5, 0.6) is 5.75 Å². The van der Waals surface area contributed by atoms with Gasteiger partial charge in [-0.15, -0.1) is 0 Å². The summed E-state index contributed by atoms with van der Waals surface area (Å²) in [6.07, 6.45) is 1.67. The molecule has 128 valence electrons. The van der Waals surface area contributed by atoms with Gasteiger partial charge in [0, 0.05) is 17.3 Å². The third-order valence-corrected chi connectivity index (χ3v) is 3.54. The number of Topliss-reactive ketones (excluding diaryl/α,β-unsaturated/α-hetero) is 1. The topological polar surface area (TPSA) is 113 Å². The van der Waals surface area contributed by atoms with Crippen molar-refractivity contribution in [3.63, 3.8) is 0 Å². The lowest BCUT2D eigenvalue weighted by Crippen LogP contribution is -2.14. The Hall–Kier alpha value is -3.29. The highest BCUT2D eigenvalue weighted by Crippen LogP contribution is 2.24. The summed E-state index contributed by atoms with van der Waals surface area (Å²) in [7, 11) is 0. The van der Waals surface area contributed by atoms with Crippen LogP contribution in [0, 0.1) is 6.92 Å². The first-order valence-electron chi connectivity index (χ1n) is 7.65. The molecule has 2 aromatic heterocycles. The number of carbonyl (C=O) groups is 2. The molecule has 0 bridgehead atoms. The second-order valence-corrected chi connectivity index (χ2v) is 5.65. The number of primary amides is 1. The van der Waals surface area contributed by atoms with Crippen LogP contribution in [0.4, 0.5) is 0 Å². The van der Waals surface area contributed by atoms with Gasteiger partial charge in [-0.25, -0.2) is 9.97 Å². The SMILES string of the molecule is CC(=O)Cn1nc(C(N)=O)c2cc(OCc3nccc(C)n3)ccc21. The van der Waals surface area contributed by atoms with Crippen LogP contribution in [0.25, 0.3) is 10.9 Å². The lowest BCUT2D eigenvalue weighted by atomic mass is 10.2. The van der Waals surface area contributed by atoms with Crippen LogP contribution in [-0.2, 0) is 17.9 Å². The normalized spacial score (nSPS) is 10.8. The van der Waals surface area contributed by atoms with Crippen molar-refractivity contribution in [2.24, 2.45) is 5.73 Å². The molecule has 1 amide bonds. The molecule has 3 rings (SSSR count). The maximum absolute atomic E-state index is 11.6. The second kappa shape index (κ2) is 6.68. The smallest absolute Gasteiger partial charge is 0.269 e. The van der Waals surface area contributed by atoms with Crippen LogP contribution in [-0.4, -0.2) is 31.4 Å². The molecular weight excluding hydrogens is 322 g/mol. The van der Waals surface area contributed by atoms with E-state index in [1.807, 2.05) is 6.92 Å². The quantitative estimate of drug-likeness (QED) is 0.726. The van der Waals surface area contributed by atoms with Crippen LogP contribution in [0.15, 0.2) is 30.5 Å². The molecule has 0 atom stereocenters. The summed E-state index contributed by atoms with van der Waals surface area (Å²) in [6, 6.07) is 6.96. The molecule has 0 fully saturated rings. The van der Waals surface area contributed by atoms with Crippen molar-refractivity contribution in [2.75, 3.05) is 0 Å². The summed E-state index contributed by atoms with van der Waals surface area (Å²) < 4.78 is 7.16. The summed E-state index contributed by atoms with van der Waals surface area (Å²) in [5.74, 6) is 0.355. The minimum atomic E-state index is -0.661. The predicted octanol–water partition coefficient (Wildman–Crippen LogP) is 1.40. The van der Waals surface area contributed by atoms with Gasteiger partial charge in [-0.05, 0) is 38.1 Å². The average Bonchev–Trinajstić information content (AvgIpc) is 2.90. The highest BCUT2D eigenvalue weighted by atomic mass is 16.5. The first-order chi connectivity index (χ1) is 11.9.